The van der Waals surface area contributed by atoms with E-state index in [4.69, 9.17) is 0 Å². The van der Waals surface area contributed by atoms with Crippen molar-refractivity contribution in [3.63, 3.8) is 0 Å². The molecular formula is C21H24N2O. The van der Waals surface area contributed by atoms with Gasteiger partial charge in [0.1, 0.15) is 0 Å². The Morgan fingerprint density at radius 1 is 1.17 bits per heavy atom. The molecule has 1 atom stereocenters. The smallest absolute Gasteiger partial charge is 0.251 e. The van der Waals surface area contributed by atoms with Crippen LogP contribution in [0.15, 0.2) is 48.5 Å². The maximum Gasteiger partial charge on any atom is 0.251 e. The quantitative estimate of drug-likeness (QED) is 0.752. The zero-order chi connectivity index (χ0) is 17.3. The molecule has 3 nitrogen and oxygen atoms in total. The molecule has 0 unspecified atom stereocenters. The van der Waals surface area contributed by atoms with Gasteiger partial charge in [0.15, 0.2) is 0 Å². The summed E-state index contributed by atoms with van der Waals surface area (Å²) in [4.78, 5) is 12.6. The van der Waals surface area contributed by atoms with Crippen molar-refractivity contribution in [1.82, 2.24) is 9.88 Å². The van der Waals surface area contributed by atoms with Crippen molar-refractivity contribution in [2.45, 2.75) is 33.2 Å². The van der Waals surface area contributed by atoms with Crippen LogP contribution in [-0.4, -0.2) is 10.5 Å². The normalized spacial score (nSPS) is 12.3. The molecule has 0 fully saturated rings. The van der Waals surface area contributed by atoms with Gasteiger partial charge >= 0.3 is 0 Å². The number of benzene rings is 2. The molecule has 0 spiro atoms. The second-order valence-electron chi connectivity index (χ2n) is 6.41. The summed E-state index contributed by atoms with van der Waals surface area (Å²) >= 11 is 0. The highest BCUT2D eigenvalue weighted by Crippen LogP contribution is 2.21. The van der Waals surface area contributed by atoms with Crippen molar-refractivity contribution >= 4 is 16.8 Å². The van der Waals surface area contributed by atoms with Crippen LogP contribution >= 0.6 is 0 Å². The van der Waals surface area contributed by atoms with Gasteiger partial charge in [-0.05, 0) is 55.0 Å². The number of hydrogen-bond acceptors (Lipinski definition) is 1. The molecule has 0 aliphatic heterocycles. The number of aryl methyl sites for hydroxylation is 3. The number of aromatic nitrogens is 1. The van der Waals surface area contributed by atoms with Gasteiger partial charge in [0, 0.05) is 23.8 Å². The number of hydrogen-bond donors (Lipinski definition) is 1. The van der Waals surface area contributed by atoms with Crippen LogP contribution in [0.5, 0.6) is 0 Å². The van der Waals surface area contributed by atoms with E-state index in [-0.39, 0.29) is 11.9 Å². The average Bonchev–Trinajstić information content (AvgIpc) is 2.88. The fraction of sp³-hybridized carbons (Fsp3) is 0.286. The van der Waals surface area contributed by atoms with Crippen molar-refractivity contribution in [1.29, 1.82) is 0 Å². The summed E-state index contributed by atoms with van der Waals surface area (Å²) in [5.74, 6) is -0.0369. The van der Waals surface area contributed by atoms with Crippen LogP contribution in [0.4, 0.5) is 0 Å². The summed E-state index contributed by atoms with van der Waals surface area (Å²) in [5.41, 5.74) is 5.39. The van der Waals surface area contributed by atoms with E-state index in [0.717, 1.165) is 22.9 Å². The van der Waals surface area contributed by atoms with Crippen molar-refractivity contribution in [2.24, 2.45) is 7.05 Å². The van der Waals surface area contributed by atoms with Crippen LogP contribution in [0.2, 0.25) is 0 Å². The van der Waals surface area contributed by atoms with Gasteiger partial charge in [-0.2, -0.15) is 0 Å². The lowest BCUT2D eigenvalue weighted by Gasteiger charge is -2.15. The SMILES string of the molecule is CCc1cccc([C@H](C)NC(=O)c2ccc3cc(C)n(C)c3c2)c1. The first-order chi connectivity index (χ1) is 11.5. The van der Waals surface area contributed by atoms with Crippen LogP contribution < -0.4 is 5.32 Å². The topological polar surface area (TPSA) is 34.0 Å². The lowest BCUT2D eigenvalue weighted by Crippen LogP contribution is -2.26. The van der Waals surface area contributed by atoms with Gasteiger partial charge in [0.05, 0.1) is 6.04 Å². The molecule has 3 aromatic rings. The Kier molecular flexibility index (Phi) is 4.43. The van der Waals surface area contributed by atoms with Crippen molar-refractivity contribution in [3.05, 3.63) is 70.9 Å². The molecular weight excluding hydrogens is 296 g/mol. The minimum Gasteiger partial charge on any atom is -0.348 e. The first-order valence-electron chi connectivity index (χ1n) is 8.45. The molecule has 3 heteroatoms. The average molecular weight is 320 g/mol. The summed E-state index contributed by atoms with van der Waals surface area (Å²) in [5, 5.41) is 4.27. The monoisotopic (exact) mass is 320 g/mol. The van der Waals surface area contributed by atoms with E-state index in [2.05, 4.69) is 54.1 Å². The van der Waals surface area contributed by atoms with Gasteiger partial charge in [-0.25, -0.2) is 0 Å². The van der Waals surface area contributed by atoms with Gasteiger partial charge < -0.3 is 9.88 Å². The van der Waals surface area contributed by atoms with E-state index in [0.29, 0.717) is 5.56 Å². The fourth-order valence-electron chi connectivity index (χ4n) is 3.05. The van der Waals surface area contributed by atoms with E-state index < -0.39 is 0 Å². The third-order valence-corrected chi connectivity index (χ3v) is 4.75. The molecule has 2 aromatic carbocycles. The van der Waals surface area contributed by atoms with Gasteiger partial charge in [-0.3, -0.25) is 4.79 Å². The van der Waals surface area contributed by atoms with Crippen LogP contribution in [0.3, 0.4) is 0 Å². The Morgan fingerprint density at radius 2 is 1.96 bits per heavy atom. The maximum absolute atomic E-state index is 12.6. The Hall–Kier alpha value is -2.55. The van der Waals surface area contributed by atoms with Gasteiger partial charge in [0.2, 0.25) is 0 Å². The second kappa shape index (κ2) is 6.52. The minimum atomic E-state index is -0.0369. The Bertz CT molecular complexity index is 892. The summed E-state index contributed by atoms with van der Waals surface area (Å²) in [7, 11) is 2.03. The van der Waals surface area contributed by atoms with E-state index in [9.17, 15) is 4.79 Å². The highest BCUT2D eigenvalue weighted by molar-refractivity contribution is 5.98. The van der Waals surface area contributed by atoms with Crippen molar-refractivity contribution < 1.29 is 4.79 Å². The highest BCUT2D eigenvalue weighted by Gasteiger charge is 2.13. The molecule has 1 aromatic heterocycles. The summed E-state index contributed by atoms with van der Waals surface area (Å²) < 4.78 is 2.11. The predicted octanol–water partition coefficient (Wildman–Crippen LogP) is 4.54. The van der Waals surface area contributed by atoms with Gasteiger partial charge in [-0.15, -0.1) is 0 Å². The molecule has 124 valence electrons. The van der Waals surface area contributed by atoms with E-state index >= 15 is 0 Å². The highest BCUT2D eigenvalue weighted by atomic mass is 16.1. The number of nitrogens with zero attached hydrogens (tertiary/aromatic N) is 1. The Balaban J connectivity index is 1.82. The number of carbonyl (C=O) groups excluding carboxylic acids is 1. The number of rotatable bonds is 4. The van der Waals surface area contributed by atoms with E-state index in [1.54, 1.807) is 0 Å². The number of carbonyl (C=O) groups is 1. The molecule has 1 N–H and O–H groups in total. The second-order valence-corrected chi connectivity index (χ2v) is 6.41. The van der Waals surface area contributed by atoms with Crippen molar-refractivity contribution in [3.8, 4) is 0 Å². The predicted molar refractivity (Wildman–Crippen MR) is 99.4 cm³/mol. The van der Waals surface area contributed by atoms with Crippen LogP contribution in [0.1, 0.15) is 47.1 Å². The summed E-state index contributed by atoms with van der Waals surface area (Å²) in [6.07, 6.45) is 0.998. The number of fused-ring (bicyclic) bond motifs is 1. The molecule has 1 amide bonds. The number of amides is 1. The molecule has 0 saturated heterocycles. The first kappa shape index (κ1) is 16.3. The van der Waals surface area contributed by atoms with Gasteiger partial charge in [0.25, 0.3) is 5.91 Å². The third kappa shape index (κ3) is 3.07. The maximum atomic E-state index is 12.6. The first-order valence-corrected chi connectivity index (χ1v) is 8.45. The third-order valence-electron chi connectivity index (χ3n) is 4.75. The molecule has 0 bridgehead atoms. The largest absolute Gasteiger partial charge is 0.348 e. The molecule has 3 rings (SSSR count). The molecule has 0 aliphatic carbocycles. The lowest BCUT2D eigenvalue weighted by molar-refractivity contribution is 0.0940. The van der Waals surface area contributed by atoms with Crippen LogP contribution in [-0.2, 0) is 13.5 Å². The molecule has 0 saturated carbocycles. The Labute approximate surface area is 143 Å². The molecule has 1 heterocycles. The standard InChI is InChI=1S/C21H24N2O/c1-5-16-7-6-8-17(12-16)15(3)22-21(24)19-10-9-18-11-14(2)23(4)20(18)13-19/h6-13,15H,5H2,1-4H3,(H,22,24)/t15-/m0/s1. The Morgan fingerprint density at radius 3 is 2.71 bits per heavy atom. The fourth-order valence-corrected chi connectivity index (χ4v) is 3.05. The minimum absolute atomic E-state index is 0.0187. The van der Waals surface area contributed by atoms with Gasteiger partial charge in [-0.1, -0.05) is 37.3 Å². The van der Waals surface area contributed by atoms with E-state index in [1.165, 1.54) is 11.3 Å². The van der Waals surface area contributed by atoms with Crippen LogP contribution in [0, 0.1) is 6.92 Å². The zero-order valence-corrected chi connectivity index (χ0v) is 14.8. The van der Waals surface area contributed by atoms with Crippen LogP contribution in [0.25, 0.3) is 10.9 Å². The zero-order valence-electron chi connectivity index (χ0n) is 14.8. The summed E-state index contributed by atoms with van der Waals surface area (Å²) in [6.45, 7) is 6.24. The molecule has 0 aliphatic rings. The summed E-state index contributed by atoms with van der Waals surface area (Å²) in [6, 6.07) is 16.4. The van der Waals surface area contributed by atoms with E-state index in [1.807, 2.05) is 32.2 Å². The molecule has 0 radical (unpaired) electrons. The lowest BCUT2D eigenvalue weighted by atomic mass is 10.0. The number of nitrogens with one attached hydrogen (secondary N) is 1. The van der Waals surface area contributed by atoms with Crippen molar-refractivity contribution in [2.75, 3.05) is 0 Å². The molecule has 24 heavy (non-hydrogen) atoms.